The Morgan fingerprint density at radius 2 is 1.95 bits per heavy atom. The number of rotatable bonds is 4. The first kappa shape index (κ1) is 20.5. The fourth-order valence-corrected chi connectivity index (χ4v) is 16.9. The fourth-order valence-electron chi connectivity index (χ4n) is 4.12. The van der Waals surface area contributed by atoms with Gasteiger partial charge in [0.15, 0.2) is 0 Å². The molecule has 7 atom stereocenters. The molecule has 1 nitrogen and oxygen atoms in total. The van der Waals surface area contributed by atoms with Gasteiger partial charge in [0.05, 0.1) is 0 Å². The van der Waals surface area contributed by atoms with Gasteiger partial charge in [-0.2, -0.15) is 0 Å². The quantitative estimate of drug-likeness (QED) is 0.215. The summed E-state index contributed by atoms with van der Waals surface area (Å²) in [5, 5.41) is 10.9. The van der Waals surface area contributed by atoms with E-state index in [9.17, 15) is 5.11 Å². The zero-order valence-electron chi connectivity index (χ0n) is 14.7. The Labute approximate surface area is 172 Å². The second-order valence-corrected chi connectivity index (χ2v) is 16.0. The Hall–Kier alpha value is 2.15. The summed E-state index contributed by atoms with van der Waals surface area (Å²) in [6, 6.07) is 0. The first-order valence-corrected chi connectivity index (χ1v) is 15.8. The summed E-state index contributed by atoms with van der Waals surface area (Å²) in [6.07, 6.45) is 2.60. The van der Waals surface area contributed by atoms with Crippen molar-refractivity contribution in [3.05, 3.63) is 0 Å². The molecule has 0 bridgehead atoms. The van der Waals surface area contributed by atoms with Crippen LogP contribution in [0.15, 0.2) is 0 Å². The zero-order valence-corrected chi connectivity index (χ0v) is 21.1. The SMILES string of the molecule is CCC[I-]C[C@@H]1[I-]C[C@H]2[C@H](CC(C(C)(C)C)C(O)[C@H]2C)[C@@H]1I. The molecule has 1 N–H and O–H groups in total. The molecule has 0 aromatic heterocycles. The van der Waals surface area contributed by atoms with Crippen molar-refractivity contribution in [1.82, 2.24) is 0 Å². The van der Waals surface area contributed by atoms with E-state index in [1.165, 1.54) is 21.7 Å². The summed E-state index contributed by atoms with van der Waals surface area (Å²) in [5.41, 5.74) is 0.242. The van der Waals surface area contributed by atoms with Gasteiger partial charge in [0, 0.05) is 0 Å². The molecule has 0 amide bonds. The van der Waals surface area contributed by atoms with Crippen LogP contribution in [0.25, 0.3) is 0 Å². The molecule has 2 rings (SSSR count). The van der Waals surface area contributed by atoms with Gasteiger partial charge >= 0.3 is 174 Å². The first-order valence-electron chi connectivity index (χ1n) is 8.70. The monoisotopic (exact) mass is 646 g/mol. The van der Waals surface area contributed by atoms with Crippen LogP contribution in [0, 0.1) is 29.1 Å². The number of aliphatic hydroxyl groups is 1. The van der Waals surface area contributed by atoms with Crippen LogP contribution in [0.5, 0.6) is 0 Å². The van der Waals surface area contributed by atoms with Crippen molar-refractivity contribution in [3.63, 3.8) is 0 Å². The molecular formula is C18H33I3O-2. The molecule has 0 radical (unpaired) electrons. The third-order valence-corrected chi connectivity index (χ3v) is 17.8. The van der Waals surface area contributed by atoms with Crippen LogP contribution < -0.4 is 42.4 Å². The van der Waals surface area contributed by atoms with Gasteiger partial charge in [0.25, 0.3) is 0 Å². The van der Waals surface area contributed by atoms with E-state index in [2.05, 4.69) is 57.2 Å². The minimum absolute atomic E-state index is 0.0714. The molecule has 0 aromatic rings. The topological polar surface area (TPSA) is 20.2 Å². The van der Waals surface area contributed by atoms with Crippen LogP contribution in [0.4, 0.5) is 0 Å². The molecule has 22 heavy (non-hydrogen) atoms. The Balaban J connectivity index is 2.07. The van der Waals surface area contributed by atoms with E-state index in [0.29, 0.717) is 54.2 Å². The molecule has 2 fully saturated rings. The van der Waals surface area contributed by atoms with Crippen LogP contribution >= 0.6 is 22.6 Å². The molecule has 1 aliphatic carbocycles. The van der Waals surface area contributed by atoms with E-state index in [1.54, 1.807) is 4.43 Å². The summed E-state index contributed by atoms with van der Waals surface area (Å²) < 4.78 is 6.59. The Bertz CT molecular complexity index is 355. The third-order valence-electron chi connectivity index (χ3n) is 5.61. The maximum atomic E-state index is 10.9. The molecule has 0 aromatic carbocycles. The zero-order chi connectivity index (χ0) is 16.5. The van der Waals surface area contributed by atoms with Gasteiger partial charge in [-0.05, 0) is 0 Å². The van der Waals surface area contributed by atoms with Gasteiger partial charge in [-0.15, -0.1) is 0 Å². The number of halogens is 3. The maximum absolute atomic E-state index is 10.9. The summed E-state index contributed by atoms with van der Waals surface area (Å²) in [6.45, 7) is 11.7. The molecule has 1 saturated carbocycles. The Morgan fingerprint density at radius 1 is 1.27 bits per heavy atom. The van der Waals surface area contributed by atoms with Crippen LogP contribution in [-0.2, 0) is 0 Å². The third kappa shape index (κ3) is 4.65. The van der Waals surface area contributed by atoms with Crippen LogP contribution in [0.1, 0.15) is 47.5 Å². The van der Waals surface area contributed by atoms with Crippen molar-refractivity contribution in [3.8, 4) is 0 Å². The fraction of sp³-hybridized carbons (Fsp3) is 1.00. The van der Waals surface area contributed by atoms with Gasteiger partial charge in [-0.3, -0.25) is 0 Å². The number of alkyl halides is 5. The van der Waals surface area contributed by atoms with Crippen molar-refractivity contribution in [2.75, 3.05) is 13.3 Å². The van der Waals surface area contributed by atoms with E-state index >= 15 is 0 Å². The molecular weight excluding hydrogens is 613 g/mol. The van der Waals surface area contributed by atoms with Gasteiger partial charge in [-0.25, -0.2) is 0 Å². The average molecular weight is 646 g/mol. The van der Waals surface area contributed by atoms with Crippen LogP contribution in [-0.4, -0.2) is 32.3 Å². The van der Waals surface area contributed by atoms with E-state index in [-0.39, 0.29) is 11.5 Å². The van der Waals surface area contributed by atoms with Crippen LogP contribution in [0.2, 0.25) is 0 Å². The van der Waals surface area contributed by atoms with E-state index in [0.717, 1.165) is 19.7 Å². The van der Waals surface area contributed by atoms with Crippen molar-refractivity contribution >= 4 is 22.6 Å². The van der Waals surface area contributed by atoms with E-state index in [4.69, 9.17) is 0 Å². The molecule has 1 aliphatic heterocycles. The second kappa shape index (κ2) is 8.69. The first-order chi connectivity index (χ1) is 10.3. The number of fused-ring (bicyclic) bond motifs is 1. The van der Waals surface area contributed by atoms with Gasteiger partial charge < -0.3 is 0 Å². The van der Waals surface area contributed by atoms with Crippen molar-refractivity contribution in [1.29, 1.82) is 0 Å². The standard InChI is InChI=1S/C18H33I3O/c1-6-7-20-10-15-16(19)12-8-14(18(3,4)5)17(22)11(2)13(12)9-21-15/h11-17,22H,6-10H2,1-5H3/q-2/t11-,12-,13+,14?,15-,16-,17?/m0/s1. The van der Waals surface area contributed by atoms with E-state index < -0.39 is 0 Å². The van der Waals surface area contributed by atoms with Gasteiger partial charge in [0.1, 0.15) is 0 Å². The number of aliphatic hydroxyl groups excluding tert-OH is 1. The number of hydrogen-bond acceptors (Lipinski definition) is 1. The van der Waals surface area contributed by atoms with Crippen LogP contribution in [0.3, 0.4) is 0 Å². The predicted octanol–water partition coefficient (Wildman–Crippen LogP) is -1.94. The predicted molar refractivity (Wildman–Crippen MR) is 96.2 cm³/mol. The second-order valence-electron chi connectivity index (χ2n) is 8.19. The minimum atomic E-state index is -0.0714. The number of hydrogen-bond donors (Lipinski definition) is 1. The molecule has 2 aliphatic rings. The van der Waals surface area contributed by atoms with Crippen molar-refractivity contribution in [2.45, 2.75) is 61.4 Å². The van der Waals surface area contributed by atoms with Crippen molar-refractivity contribution < 1.29 is 47.5 Å². The Kier molecular flexibility index (Phi) is 8.08. The van der Waals surface area contributed by atoms with Crippen molar-refractivity contribution in [2.24, 2.45) is 29.1 Å². The molecule has 4 heteroatoms. The normalized spacial score (nSPS) is 43.5. The summed E-state index contributed by atoms with van der Waals surface area (Å²) in [7, 11) is 0. The molecule has 0 spiro atoms. The van der Waals surface area contributed by atoms with Gasteiger partial charge in [0.2, 0.25) is 0 Å². The molecule has 1 saturated heterocycles. The average Bonchev–Trinajstić information content (AvgIpc) is 2.44. The molecule has 2 unspecified atom stereocenters. The van der Waals surface area contributed by atoms with E-state index in [1.807, 2.05) is 0 Å². The molecule has 134 valence electrons. The Morgan fingerprint density at radius 3 is 2.55 bits per heavy atom. The van der Waals surface area contributed by atoms with Gasteiger partial charge in [-0.1, -0.05) is 0 Å². The molecule has 1 heterocycles. The summed E-state index contributed by atoms with van der Waals surface area (Å²) >= 11 is 3.65. The summed E-state index contributed by atoms with van der Waals surface area (Å²) in [5.74, 6) is 2.71. The summed E-state index contributed by atoms with van der Waals surface area (Å²) in [4.78, 5) is 0.